The molecule has 0 spiro atoms. The lowest BCUT2D eigenvalue weighted by Crippen LogP contribution is -2.25. The molecule has 0 radical (unpaired) electrons. The minimum Gasteiger partial charge on any atom is -0.0683 e. The van der Waals surface area contributed by atoms with Crippen LogP contribution in [0.3, 0.4) is 0 Å². The summed E-state index contributed by atoms with van der Waals surface area (Å²) in [6.45, 7) is 18.1. The van der Waals surface area contributed by atoms with E-state index in [4.69, 9.17) is 0 Å². The molecule has 0 fully saturated rings. The first kappa shape index (κ1) is 18.2. The number of rotatable bonds is 4. The van der Waals surface area contributed by atoms with Crippen molar-refractivity contribution < 1.29 is 0 Å². The van der Waals surface area contributed by atoms with Gasteiger partial charge in [-0.1, -0.05) is 92.1 Å². The zero-order chi connectivity index (χ0) is 15.1. The lowest BCUT2D eigenvalue weighted by molar-refractivity contribution is 0.209. The van der Waals surface area contributed by atoms with Gasteiger partial charge in [0, 0.05) is 0 Å². The molecule has 0 aliphatic rings. The van der Waals surface area contributed by atoms with E-state index in [0.717, 1.165) is 0 Å². The van der Waals surface area contributed by atoms with E-state index in [1.807, 2.05) is 13.8 Å². The highest BCUT2D eigenvalue weighted by molar-refractivity contribution is 5.21. The second-order valence-corrected chi connectivity index (χ2v) is 7.05. The van der Waals surface area contributed by atoms with Crippen LogP contribution in [0.4, 0.5) is 0 Å². The van der Waals surface area contributed by atoms with Crippen LogP contribution in [0.25, 0.3) is 0 Å². The fourth-order valence-electron chi connectivity index (χ4n) is 2.31. The number of hydrogen-bond acceptors (Lipinski definition) is 0. The maximum absolute atomic E-state index is 2.38. The van der Waals surface area contributed by atoms with Gasteiger partial charge in [0.2, 0.25) is 0 Å². The van der Waals surface area contributed by atoms with E-state index in [2.05, 4.69) is 71.9 Å². The summed E-state index contributed by atoms with van der Waals surface area (Å²) in [7, 11) is 0. The van der Waals surface area contributed by atoms with Crippen LogP contribution in [0.2, 0.25) is 0 Å². The van der Waals surface area contributed by atoms with Crippen molar-refractivity contribution in [3.8, 4) is 0 Å². The molecule has 0 amide bonds. The standard InChI is InChI=1S/C17H28.C2H6/c1-7-17(5,6)13-15(16(2,3)4)14-11-9-8-10-12-14;1-2/h8-12,15H,7,13H2,1-6H3;1-2H3. The lowest BCUT2D eigenvalue weighted by Gasteiger charge is -2.37. The topological polar surface area (TPSA) is 0 Å². The van der Waals surface area contributed by atoms with E-state index in [0.29, 0.717) is 16.7 Å². The van der Waals surface area contributed by atoms with Gasteiger partial charge in [-0.05, 0) is 28.7 Å². The highest BCUT2D eigenvalue weighted by Gasteiger charge is 2.31. The van der Waals surface area contributed by atoms with Gasteiger partial charge < -0.3 is 0 Å². The molecule has 1 rings (SSSR count). The van der Waals surface area contributed by atoms with Gasteiger partial charge >= 0.3 is 0 Å². The predicted molar refractivity (Wildman–Crippen MR) is 88.7 cm³/mol. The Labute approximate surface area is 121 Å². The molecule has 0 nitrogen and oxygen atoms in total. The largest absolute Gasteiger partial charge is 0.0683 e. The summed E-state index contributed by atoms with van der Waals surface area (Å²) in [6.07, 6.45) is 2.50. The van der Waals surface area contributed by atoms with E-state index in [-0.39, 0.29) is 0 Å². The van der Waals surface area contributed by atoms with Crippen molar-refractivity contribution in [2.45, 2.75) is 74.1 Å². The fourth-order valence-corrected chi connectivity index (χ4v) is 2.31. The zero-order valence-electron chi connectivity index (χ0n) is 14.4. The summed E-state index contributed by atoms with van der Waals surface area (Å²) < 4.78 is 0. The molecule has 0 heteroatoms. The molecule has 0 saturated carbocycles. The fraction of sp³-hybridized carbons (Fsp3) is 0.684. The minimum absolute atomic E-state index is 0.327. The van der Waals surface area contributed by atoms with Gasteiger partial charge in [-0.25, -0.2) is 0 Å². The van der Waals surface area contributed by atoms with E-state index >= 15 is 0 Å². The maximum Gasteiger partial charge on any atom is -0.0108 e. The van der Waals surface area contributed by atoms with Crippen LogP contribution in [0.1, 0.15) is 79.7 Å². The molecule has 19 heavy (non-hydrogen) atoms. The number of benzene rings is 1. The third kappa shape index (κ3) is 6.27. The summed E-state index contributed by atoms with van der Waals surface area (Å²) in [4.78, 5) is 0. The average molecular weight is 262 g/mol. The highest BCUT2D eigenvalue weighted by Crippen LogP contribution is 2.44. The summed E-state index contributed by atoms with van der Waals surface area (Å²) in [5.74, 6) is 0.638. The van der Waals surface area contributed by atoms with Crippen LogP contribution < -0.4 is 0 Å². The van der Waals surface area contributed by atoms with Crippen LogP contribution >= 0.6 is 0 Å². The van der Waals surface area contributed by atoms with Crippen LogP contribution in [-0.4, -0.2) is 0 Å². The average Bonchev–Trinajstić information content (AvgIpc) is 2.38. The Morgan fingerprint density at radius 3 is 1.74 bits per heavy atom. The predicted octanol–water partition coefficient (Wildman–Crippen LogP) is 6.67. The Balaban J connectivity index is 0.00000154. The van der Waals surface area contributed by atoms with Gasteiger partial charge in [-0.3, -0.25) is 0 Å². The van der Waals surface area contributed by atoms with Crippen LogP contribution in [-0.2, 0) is 0 Å². The van der Waals surface area contributed by atoms with Crippen LogP contribution in [0.5, 0.6) is 0 Å². The zero-order valence-corrected chi connectivity index (χ0v) is 14.4. The van der Waals surface area contributed by atoms with Gasteiger partial charge in [0.15, 0.2) is 0 Å². The molecule has 0 N–H and O–H groups in total. The second-order valence-electron chi connectivity index (χ2n) is 7.05. The molecule has 0 aliphatic carbocycles. The van der Waals surface area contributed by atoms with Gasteiger partial charge in [0.25, 0.3) is 0 Å². The Morgan fingerprint density at radius 2 is 1.37 bits per heavy atom. The molecule has 0 aliphatic heterocycles. The molecule has 1 unspecified atom stereocenters. The quantitative estimate of drug-likeness (QED) is 0.568. The first-order valence-electron chi connectivity index (χ1n) is 7.81. The van der Waals surface area contributed by atoms with Crippen molar-refractivity contribution in [3.05, 3.63) is 35.9 Å². The number of hydrogen-bond donors (Lipinski definition) is 0. The Bertz CT molecular complexity index is 327. The van der Waals surface area contributed by atoms with Crippen LogP contribution in [0, 0.1) is 10.8 Å². The molecule has 0 saturated heterocycles. The van der Waals surface area contributed by atoms with E-state index < -0.39 is 0 Å². The van der Waals surface area contributed by atoms with Crippen molar-refractivity contribution in [2.24, 2.45) is 10.8 Å². The van der Waals surface area contributed by atoms with E-state index in [9.17, 15) is 0 Å². The molecule has 0 bridgehead atoms. The van der Waals surface area contributed by atoms with Crippen molar-refractivity contribution >= 4 is 0 Å². The molecule has 110 valence electrons. The molecule has 1 aromatic carbocycles. The summed E-state index contributed by atoms with van der Waals surface area (Å²) >= 11 is 0. The summed E-state index contributed by atoms with van der Waals surface area (Å²) in [5, 5.41) is 0. The van der Waals surface area contributed by atoms with Gasteiger partial charge in [0.05, 0.1) is 0 Å². The molecule has 0 heterocycles. The monoisotopic (exact) mass is 262 g/mol. The Kier molecular flexibility index (Phi) is 7.41. The summed E-state index contributed by atoms with van der Waals surface area (Å²) in [5.41, 5.74) is 2.24. The Hall–Kier alpha value is -0.780. The first-order chi connectivity index (χ1) is 8.76. The third-order valence-electron chi connectivity index (χ3n) is 3.96. The molecule has 1 atom stereocenters. The van der Waals surface area contributed by atoms with Crippen molar-refractivity contribution in [1.29, 1.82) is 0 Å². The van der Waals surface area contributed by atoms with Gasteiger partial charge in [-0.2, -0.15) is 0 Å². The minimum atomic E-state index is 0.327. The highest BCUT2D eigenvalue weighted by atomic mass is 14.4. The molecular formula is C19H34. The molecular weight excluding hydrogens is 228 g/mol. The summed E-state index contributed by atoms with van der Waals surface area (Å²) in [6, 6.07) is 11.0. The normalized spacial score (nSPS) is 13.5. The maximum atomic E-state index is 2.38. The smallest absolute Gasteiger partial charge is 0.0108 e. The SMILES string of the molecule is CC.CCC(C)(C)CC(c1ccccc1)C(C)(C)C. The second kappa shape index (κ2) is 7.72. The van der Waals surface area contributed by atoms with E-state index in [1.54, 1.807) is 0 Å². The lowest BCUT2D eigenvalue weighted by atomic mass is 9.68. The van der Waals surface area contributed by atoms with Crippen molar-refractivity contribution in [3.63, 3.8) is 0 Å². The van der Waals surface area contributed by atoms with E-state index in [1.165, 1.54) is 18.4 Å². The van der Waals surface area contributed by atoms with Crippen LogP contribution in [0.15, 0.2) is 30.3 Å². The third-order valence-corrected chi connectivity index (χ3v) is 3.96. The molecule has 0 aromatic heterocycles. The van der Waals surface area contributed by atoms with Crippen molar-refractivity contribution in [1.82, 2.24) is 0 Å². The van der Waals surface area contributed by atoms with Gasteiger partial charge in [0.1, 0.15) is 0 Å². The Morgan fingerprint density at radius 1 is 0.895 bits per heavy atom. The molecule has 1 aromatic rings. The van der Waals surface area contributed by atoms with Crippen molar-refractivity contribution in [2.75, 3.05) is 0 Å². The van der Waals surface area contributed by atoms with Gasteiger partial charge in [-0.15, -0.1) is 0 Å². The first-order valence-corrected chi connectivity index (χ1v) is 7.81.